The Morgan fingerprint density at radius 2 is 2.05 bits per heavy atom. The molecule has 21 heavy (non-hydrogen) atoms. The number of methoxy groups -OCH3 is 1. The van der Waals surface area contributed by atoms with Crippen molar-refractivity contribution in [2.45, 2.75) is 0 Å². The van der Waals surface area contributed by atoms with Crippen LogP contribution in [0.1, 0.15) is 11.1 Å². The number of hydrogen-bond acceptors (Lipinski definition) is 3. The molecule has 0 spiro atoms. The smallest absolute Gasteiger partial charge is 0.256 e. The van der Waals surface area contributed by atoms with Crippen molar-refractivity contribution in [2.24, 2.45) is 0 Å². The van der Waals surface area contributed by atoms with Crippen LogP contribution in [0.4, 0.5) is 5.69 Å². The molecule has 1 heterocycles. The van der Waals surface area contributed by atoms with Crippen LogP contribution < -0.4 is 10.1 Å². The number of hydrogen-bond donors (Lipinski definition) is 2. The second kappa shape index (κ2) is 5.26. The summed E-state index contributed by atoms with van der Waals surface area (Å²) < 4.78 is 6.03. The molecule has 1 aliphatic heterocycles. The largest absolute Gasteiger partial charge is 0.507 e. The molecule has 0 bridgehead atoms. The van der Waals surface area contributed by atoms with Gasteiger partial charge in [-0.25, -0.2) is 0 Å². The number of fused-ring (bicyclic) bond motifs is 1. The third kappa shape index (κ3) is 2.52. The number of rotatable bonds is 2. The Bertz CT molecular complexity index is 768. The summed E-state index contributed by atoms with van der Waals surface area (Å²) in [7, 11) is 1.55. The van der Waals surface area contributed by atoms with E-state index >= 15 is 0 Å². The molecule has 5 heteroatoms. The summed E-state index contributed by atoms with van der Waals surface area (Å²) in [6.07, 6.45) is 1.66. The Morgan fingerprint density at radius 1 is 1.24 bits per heavy atom. The predicted octanol–water partition coefficient (Wildman–Crippen LogP) is 3.66. The van der Waals surface area contributed by atoms with Crippen molar-refractivity contribution >= 4 is 39.2 Å². The molecule has 3 rings (SSSR count). The van der Waals surface area contributed by atoms with Gasteiger partial charge in [-0.2, -0.15) is 0 Å². The zero-order valence-corrected chi connectivity index (χ0v) is 12.8. The highest BCUT2D eigenvalue weighted by Gasteiger charge is 2.24. The molecule has 2 aromatic rings. The molecule has 0 unspecified atom stereocenters. The maximum absolute atomic E-state index is 12.1. The number of anilines is 1. The standard InChI is InChI=1S/C16H12BrNO3/c1-21-11-3-5-15(19)9(6-11)7-13-12-8-10(17)2-4-14(12)18-16(13)20/h2-8,19H,1H3,(H,18,20). The lowest BCUT2D eigenvalue weighted by molar-refractivity contribution is -0.110. The first-order valence-corrected chi connectivity index (χ1v) is 7.08. The molecule has 0 atom stereocenters. The average molecular weight is 346 g/mol. The normalized spacial score (nSPS) is 15.0. The highest BCUT2D eigenvalue weighted by Crippen LogP contribution is 2.36. The first kappa shape index (κ1) is 13.7. The van der Waals surface area contributed by atoms with E-state index in [1.807, 2.05) is 18.2 Å². The molecule has 0 radical (unpaired) electrons. The van der Waals surface area contributed by atoms with Crippen LogP contribution in [0, 0.1) is 0 Å². The molecule has 0 aliphatic carbocycles. The number of ether oxygens (including phenoxy) is 1. The molecule has 0 saturated heterocycles. The molecule has 1 aliphatic rings. The van der Waals surface area contributed by atoms with Crippen LogP contribution >= 0.6 is 15.9 Å². The SMILES string of the molecule is COc1ccc(O)c(C=C2C(=O)Nc3ccc(Br)cc32)c1. The van der Waals surface area contributed by atoms with Gasteiger partial charge in [0.15, 0.2) is 0 Å². The lowest BCUT2D eigenvalue weighted by atomic mass is 10.0. The van der Waals surface area contributed by atoms with Gasteiger partial charge in [-0.15, -0.1) is 0 Å². The molecule has 0 saturated carbocycles. The Balaban J connectivity index is 2.13. The van der Waals surface area contributed by atoms with Crippen molar-refractivity contribution in [2.75, 3.05) is 12.4 Å². The van der Waals surface area contributed by atoms with E-state index in [0.717, 1.165) is 15.7 Å². The summed E-state index contributed by atoms with van der Waals surface area (Å²) in [6.45, 7) is 0. The number of phenols is 1. The number of carbonyl (C=O) groups excluding carboxylic acids is 1. The molecule has 106 valence electrons. The lowest BCUT2D eigenvalue weighted by Gasteiger charge is -2.05. The topological polar surface area (TPSA) is 58.6 Å². The van der Waals surface area contributed by atoms with Gasteiger partial charge in [0.1, 0.15) is 11.5 Å². The second-order valence-corrected chi connectivity index (χ2v) is 5.54. The van der Waals surface area contributed by atoms with Crippen LogP contribution in [0.3, 0.4) is 0 Å². The van der Waals surface area contributed by atoms with E-state index in [9.17, 15) is 9.90 Å². The Hall–Kier alpha value is -2.27. The van der Waals surface area contributed by atoms with Crippen molar-refractivity contribution < 1.29 is 14.6 Å². The van der Waals surface area contributed by atoms with Crippen LogP contribution in [0.2, 0.25) is 0 Å². The Labute approximate surface area is 130 Å². The van der Waals surface area contributed by atoms with Crippen LogP contribution in [0.5, 0.6) is 11.5 Å². The molecule has 0 fully saturated rings. The van der Waals surface area contributed by atoms with Crippen molar-refractivity contribution in [1.82, 2.24) is 0 Å². The van der Waals surface area contributed by atoms with E-state index in [2.05, 4.69) is 21.2 Å². The summed E-state index contributed by atoms with van der Waals surface area (Å²) in [5.74, 6) is 0.525. The fourth-order valence-corrected chi connectivity index (χ4v) is 2.60. The summed E-state index contributed by atoms with van der Waals surface area (Å²) in [6, 6.07) is 10.5. The summed E-state index contributed by atoms with van der Waals surface area (Å²) in [5.41, 5.74) is 2.61. The Kier molecular flexibility index (Phi) is 3.43. The van der Waals surface area contributed by atoms with Crippen molar-refractivity contribution in [3.8, 4) is 11.5 Å². The number of carbonyl (C=O) groups is 1. The van der Waals surface area contributed by atoms with Crippen LogP contribution in [-0.4, -0.2) is 18.1 Å². The first-order chi connectivity index (χ1) is 10.1. The maximum Gasteiger partial charge on any atom is 0.256 e. The van der Waals surface area contributed by atoms with Gasteiger partial charge in [-0.3, -0.25) is 4.79 Å². The van der Waals surface area contributed by atoms with E-state index in [-0.39, 0.29) is 11.7 Å². The van der Waals surface area contributed by atoms with E-state index in [1.54, 1.807) is 31.4 Å². The van der Waals surface area contributed by atoms with Gasteiger partial charge < -0.3 is 15.2 Å². The van der Waals surface area contributed by atoms with Crippen LogP contribution in [0.15, 0.2) is 40.9 Å². The second-order valence-electron chi connectivity index (χ2n) is 4.63. The monoisotopic (exact) mass is 345 g/mol. The summed E-state index contributed by atoms with van der Waals surface area (Å²) in [4.78, 5) is 12.1. The Morgan fingerprint density at radius 3 is 2.81 bits per heavy atom. The molecule has 2 N–H and O–H groups in total. The minimum atomic E-state index is -0.190. The van der Waals surface area contributed by atoms with E-state index < -0.39 is 0 Å². The summed E-state index contributed by atoms with van der Waals surface area (Å²) >= 11 is 3.40. The predicted molar refractivity (Wildman–Crippen MR) is 85.3 cm³/mol. The lowest BCUT2D eigenvalue weighted by Crippen LogP contribution is -2.03. The molecule has 2 aromatic carbocycles. The van der Waals surface area contributed by atoms with Gasteiger partial charge >= 0.3 is 0 Å². The van der Waals surface area contributed by atoms with Crippen LogP contribution in [-0.2, 0) is 4.79 Å². The van der Waals surface area contributed by atoms with E-state index in [0.29, 0.717) is 16.9 Å². The maximum atomic E-state index is 12.1. The number of halogens is 1. The first-order valence-electron chi connectivity index (χ1n) is 6.28. The van der Waals surface area contributed by atoms with Gasteiger partial charge in [0, 0.05) is 26.9 Å². The van der Waals surface area contributed by atoms with Gasteiger partial charge in [-0.05, 0) is 42.5 Å². The van der Waals surface area contributed by atoms with Gasteiger partial charge in [-0.1, -0.05) is 15.9 Å². The highest BCUT2D eigenvalue weighted by atomic mass is 79.9. The van der Waals surface area contributed by atoms with Gasteiger partial charge in [0.05, 0.1) is 7.11 Å². The third-order valence-corrected chi connectivity index (χ3v) is 3.79. The average Bonchev–Trinajstić information content (AvgIpc) is 2.77. The molecule has 0 aromatic heterocycles. The fourth-order valence-electron chi connectivity index (χ4n) is 2.23. The molecular weight excluding hydrogens is 334 g/mol. The minimum Gasteiger partial charge on any atom is -0.507 e. The van der Waals surface area contributed by atoms with Crippen molar-refractivity contribution in [1.29, 1.82) is 0 Å². The van der Waals surface area contributed by atoms with E-state index in [1.165, 1.54) is 0 Å². The minimum absolute atomic E-state index is 0.0968. The summed E-state index contributed by atoms with van der Waals surface area (Å²) in [5, 5.41) is 12.7. The quantitative estimate of drug-likeness (QED) is 0.816. The van der Waals surface area contributed by atoms with Gasteiger partial charge in [0.25, 0.3) is 5.91 Å². The number of benzene rings is 2. The fraction of sp³-hybridized carbons (Fsp3) is 0.0625. The molecule has 1 amide bonds. The number of aromatic hydroxyl groups is 1. The zero-order chi connectivity index (χ0) is 15.0. The number of amides is 1. The highest BCUT2D eigenvalue weighted by molar-refractivity contribution is 9.10. The van der Waals surface area contributed by atoms with Crippen molar-refractivity contribution in [3.05, 3.63) is 52.0 Å². The number of phenolic OH excluding ortho intramolecular Hbond substituents is 1. The van der Waals surface area contributed by atoms with Crippen LogP contribution in [0.25, 0.3) is 11.6 Å². The molecular formula is C16H12BrNO3. The zero-order valence-electron chi connectivity index (χ0n) is 11.2. The molecule has 4 nitrogen and oxygen atoms in total. The van der Waals surface area contributed by atoms with E-state index in [4.69, 9.17) is 4.74 Å². The van der Waals surface area contributed by atoms with Crippen molar-refractivity contribution in [3.63, 3.8) is 0 Å². The number of nitrogens with one attached hydrogen (secondary N) is 1. The van der Waals surface area contributed by atoms with Gasteiger partial charge in [0.2, 0.25) is 0 Å². The third-order valence-electron chi connectivity index (χ3n) is 3.30.